The molecule has 1 rings (SSSR count). The number of nitrogens with one attached hydrogen (secondary N) is 2. The third-order valence-corrected chi connectivity index (χ3v) is 2.66. The average Bonchev–Trinajstić information content (AvgIpc) is 2.44. The Morgan fingerprint density at radius 2 is 1.90 bits per heavy atom. The van der Waals surface area contributed by atoms with Gasteiger partial charge in [-0.05, 0) is 24.9 Å². The highest BCUT2D eigenvalue weighted by molar-refractivity contribution is 5.85. The molecule has 114 valence electrons. The summed E-state index contributed by atoms with van der Waals surface area (Å²) in [5, 5.41) is 6.04. The maximum Gasteiger partial charge on any atom is 0.246 e. The van der Waals surface area contributed by atoms with Crippen LogP contribution in [0, 0.1) is 0 Å². The van der Waals surface area contributed by atoms with Gasteiger partial charge in [0.15, 0.2) is 0 Å². The van der Waals surface area contributed by atoms with Crippen LogP contribution < -0.4 is 10.6 Å². The summed E-state index contributed by atoms with van der Waals surface area (Å²) in [4.78, 5) is 11.4. The van der Waals surface area contributed by atoms with E-state index in [9.17, 15) is 4.79 Å². The second-order valence-electron chi connectivity index (χ2n) is 4.39. The Hall–Kier alpha value is -1.10. The van der Waals surface area contributed by atoms with Crippen LogP contribution in [0.2, 0.25) is 0 Å². The van der Waals surface area contributed by atoms with Crippen LogP contribution in [-0.2, 0) is 16.0 Å². The Labute approximate surface area is 127 Å². The maximum atomic E-state index is 11.4. The van der Waals surface area contributed by atoms with E-state index in [0.29, 0.717) is 13.2 Å². The summed E-state index contributed by atoms with van der Waals surface area (Å²) < 4.78 is 5.35. The summed E-state index contributed by atoms with van der Waals surface area (Å²) in [5.41, 5.74) is 1.23. The number of amides is 1. The summed E-state index contributed by atoms with van der Waals surface area (Å²) in [6.45, 7) is 5.28. The molecule has 0 spiro atoms. The molecule has 0 aromatic heterocycles. The number of carbonyl (C=O) groups excluding carboxylic acids is 1. The Morgan fingerprint density at radius 3 is 2.60 bits per heavy atom. The van der Waals surface area contributed by atoms with Gasteiger partial charge in [-0.2, -0.15) is 0 Å². The first-order valence-electron chi connectivity index (χ1n) is 6.92. The lowest BCUT2D eigenvalue weighted by atomic mass is 10.2. The predicted octanol–water partition coefficient (Wildman–Crippen LogP) is 1.78. The molecule has 0 saturated carbocycles. The second kappa shape index (κ2) is 12.9. The van der Waals surface area contributed by atoms with Gasteiger partial charge in [0.1, 0.15) is 6.61 Å². The van der Waals surface area contributed by atoms with Crippen molar-refractivity contribution in [2.75, 3.05) is 32.8 Å². The molecule has 1 aromatic carbocycles. The molecule has 5 heteroatoms. The smallest absolute Gasteiger partial charge is 0.246 e. The molecule has 20 heavy (non-hydrogen) atoms. The van der Waals surface area contributed by atoms with Gasteiger partial charge in [-0.25, -0.2) is 0 Å². The summed E-state index contributed by atoms with van der Waals surface area (Å²) in [6.07, 6.45) is 1.95. The van der Waals surface area contributed by atoms with Crippen LogP contribution in [-0.4, -0.2) is 38.8 Å². The summed E-state index contributed by atoms with van der Waals surface area (Å²) >= 11 is 0. The first-order valence-corrected chi connectivity index (χ1v) is 6.92. The molecule has 0 atom stereocenters. The largest absolute Gasteiger partial charge is 0.371 e. The Balaban J connectivity index is 0.00000361. The van der Waals surface area contributed by atoms with Gasteiger partial charge in [-0.3, -0.25) is 4.79 Å². The molecule has 0 heterocycles. The van der Waals surface area contributed by atoms with Crippen molar-refractivity contribution < 1.29 is 9.53 Å². The number of carbonyl (C=O) groups is 1. The summed E-state index contributed by atoms with van der Waals surface area (Å²) in [6, 6.07) is 10.1. The predicted molar refractivity (Wildman–Crippen MR) is 84.4 cm³/mol. The molecular formula is C15H25ClN2O2. The molecule has 0 saturated heterocycles. The minimum Gasteiger partial charge on any atom is -0.371 e. The first kappa shape index (κ1) is 18.9. The minimum absolute atomic E-state index is 0. The highest BCUT2D eigenvalue weighted by Crippen LogP contribution is 1.99. The van der Waals surface area contributed by atoms with Crippen LogP contribution in [0.4, 0.5) is 0 Å². The van der Waals surface area contributed by atoms with Crippen molar-refractivity contribution in [3.8, 4) is 0 Å². The van der Waals surface area contributed by atoms with Crippen molar-refractivity contribution in [3.63, 3.8) is 0 Å². The molecule has 1 amide bonds. The van der Waals surface area contributed by atoms with Crippen molar-refractivity contribution in [2.24, 2.45) is 0 Å². The van der Waals surface area contributed by atoms with Gasteiger partial charge in [-0.1, -0.05) is 37.3 Å². The molecule has 4 nitrogen and oxygen atoms in total. The van der Waals surface area contributed by atoms with Gasteiger partial charge in [0.05, 0.1) is 6.61 Å². The van der Waals surface area contributed by atoms with Crippen LogP contribution >= 0.6 is 12.4 Å². The van der Waals surface area contributed by atoms with Gasteiger partial charge in [0, 0.05) is 13.1 Å². The minimum atomic E-state index is -0.0497. The fourth-order valence-corrected chi connectivity index (χ4v) is 1.64. The standard InChI is InChI=1S/C15H24N2O2.ClH/c1-2-9-16-10-11-17-15(18)13-19-12-8-14-6-4-3-5-7-14;/h3-7,16H,2,8-13H2,1H3,(H,17,18);1H. The van der Waals surface area contributed by atoms with E-state index in [4.69, 9.17) is 4.74 Å². The molecule has 0 radical (unpaired) electrons. The second-order valence-corrected chi connectivity index (χ2v) is 4.39. The van der Waals surface area contributed by atoms with Gasteiger partial charge in [0.2, 0.25) is 5.91 Å². The lowest BCUT2D eigenvalue weighted by molar-refractivity contribution is -0.125. The van der Waals surface area contributed by atoms with Gasteiger partial charge in [-0.15, -0.1) is 12.4 Å². The van der Waals surface area contributed by atoms with Crippen molar-refractivity contribution in [2.45, 2.75) is 19.8 Å². The van der Waals surface area contributed by atoms with Crippen molar-refractivity contribution in [1.29, 1.82) is 0 Å². The number of halogens is 1. The monoisotopic (exact) mass is 300 g/mol. The zero-order valence-electron chi connectivity index (χ0n) is 12.1. The van der Waals surface area contributed by atoms with E-state index in [-0.39, 0.29) is 24.9 Å². The highest BCUT2D eigenvalue weighted by atomic mass is 35.5. The molecule has 0 fully saturated rings. The van der Waals surface area contributed by atoms with Gasteiger partial charge < -0.3 is 15.4 Å². The van der Waals surface area contributed by atoms with Gasteiger partial charge in [0.25, 0.3) is 0 Å². The Bertz CT molecular complexity index is 347. The lowest BCUT2D eigenvalue weighted by Gasteiger charge is -2.07. The highest BCUT2D eigenvalue weighted by Gasteiger charge is 2.00. The van der Waals surface area contributed by atoms with Crippen molar-refractivity contribution >= 4 is 18.3 Å². The first-order chi connectivity index (χ1) is 9.33. The Kier molecular flexibility index (Phi) is 12.2. The van der Waals surface area contributed by atoms with Crippen LogP contribution in [0.15, 0.2) is 30.3 Å². The van der Waals surface area contributed by atoms with E-state index < -0.39 is 0 Å². The zero-order valence-corrected chi connectivity index (χ0v) is 12.9. The average molecular weight is 301 g/mol. The molecular weight excluding hydrogens is 276 g/mol. The fraction of sp³-hybridized carbons (Fsp3) is 0.533. The SMILES string of the molecule is CCCNCCNC(=O)COCCc1ccccc1.Cl. The van der Waals surface area contributed by atoms with Crippen molar-refractivity contribution in [1.82, 2.24) is 10.6 Å². The Morgan fingerprint density at radius 1 is 1.15 bits per heavy atom. The number of benzene rings is 1. The molecule has 0 aliphatic rings. The summed E-state index contributed by atoms with van der Waals surface area (Å²) in [7, 11) is 0. The van der Waals surface area contributed by atoms with E-state index in [0.717, 1.165) is 25.9 Å². The number of rotatable bonds is 10. The third kappa shape index (κ3) is 9.78. The molecule has 2 N–H and O–H groups in total. The lowest BCUT2D eigenvalue weighted by Crippen LogP contribution is -2.34. The van der Waals surface area contributed by atoms with E-state index in [1.807, 2.05) is 18.2 Å². The molecule has 0 aliphatic heterocycles. The number of hydrogen-bond acceptors (Lipinski definition) is 3. The van der Waals surface area contributed by atoms with Crippen LogP contribution in [0.3, 0.4) is 0 Å². The number of ether oxygens (including phenoxy) is 1. The van der Waals surface area contributed by atoms with E-state index in [1.54, 1.807) is 0 Å². The molecule has 0 bridgehead atoms. The van der Waals surface area contributed by atoms with Crippen LogP contribution in [0.1, 0.15) is 18.9 Å². The van der Waals surface area contributed by atoms with Crippen molar-refractivity contribution in [3.05, 3.63) is 35.9 Å². The van der Waals surface area contributed by atoms with Crippen LogP contribution in [0.25, 0.3) is 0 Å². The third-order valence-electron chi connectivity index (χ3n) is 2.66. The topological polar surface area (TPSA) is 50.4 Å². The zero-order chi connectivity index (χ0) is 13.8. The summed E-state index contributed by atoms with van der Waals surface area (Å²) in [5.74, 6) is -0.0497. The van der Waals surface area contributed by atoms with E-state index in [2.05, 4.69) is 29.7 Å². The molecule has 1 aromatic rings. The number of hydrogen-bond donors (Lipinski definition) is 2. The molecule has 0 unspecified atom stereocenters. The van der Waals surface area contributed by atoms with E-state index >= 15 is 0 Å². The molecule has 0 aliphatic carbocycles. The van der Waals surface area contributed by atoms with Gasteiger partial charge >= 0.3 is 0 Å². The maximum absolute atomic E-state index is 11.4. The normalized spacial score (nSPS) is 9.85. The fourth-order valence-electron chi connectivity index (χ4n) is 1.64. The quantitative estimate of drug-likeness (QED) is 0.648. The van der Waals surface area contributed by atoms with Crippen LogP contribution in [0.5, 0.6) is 0 Å². The van der Waals surface area contributed by atoms with E-state index in [1.165, 1.54) is 5.56 Å².